The first-order valence-corrected chi connectivity index (χ1v) is 9.11. The van der Waals surface area contributed by atoms with Crippen molar-refractivity contribution >= 4 is 17.4 Å². The van der Waals surface area contributed by atoms with E-state index in [9.17, 15) is 14.9 Å². The van der Waals surface area contributed by atoms with E-state index in [0.29, 0.717) is 11.3 Å². The number of ketones is 1. The van der Waals surface area contributed by atoms with Gasteiger partial charge in [-0.25, -0.2) is 0 Å². The molecule has 0 saturated carbocycles. The number of anilines is 1. The maximum Gasteiger partial charge on any atom is 0.249 e. The Bertz CT molecular complexity index is 1000. The highest BCUT2D eigenvalue weighted by molar-refractivity contribution is 6.15. The van der Waals surface area contributed by atoms with Crippen LogP contribution < -0.4 is 5.32 Å². The number of Topliss-reactive ketones (excluding diaryl/α,β-unsaturated/α-hetero) is 1. The molecule has 3 rings (SSSR count). The lowest BCUT2D eigenvalue weighted by molar-refractivity contribution is -0.117. The maximum absolute atomic E-state index is 12.7. The monoisotopic (exact) mass is 368 g/mol. The molecule has 1 N–H and O–H groups in total. The van der Waals surface area contributed by atoms with E-state index in [0.717, 1.165) is 23.1 Å². The van der Waals surface area contributed by atoms with E-state index in [1.165, 1.54) is 0 Å². The van der Waals surface area contributed by atoms with Gasteiger partial charge in [-0.05, 0) is 35.2 Å². The van der Waals surface area contributed by atoms with E-state index < -0.39 is 17.6 Å². The Hall–Kier alpha value is -3.71. The molecule has 28 heavy (non-hydrogen) atoms. The van der Waals surface area contributed by atoms with Crippen molar-refractivity contribution in [1.82, 2.24) is 0 Å². The Morgan fingerprint density at radius 3 is 2.07 bits per heavy atom. The highest BCUT2D eigenvalue weighted by Crippen LogP contribution is 2.21. The lowest BCUT2D eigenvalue weighted by Gasteiger charge is -2.11. The molecule has 3 aromatic rings. The van der Waals surface area contributed by atoms with Gasteiger partial charge < -0.3 is 5.32 Å². The summed E-state index contributed by atoms with van der Waals surface area (Å²) < 4.78 is 0. The molecule has 0 fully saturated rings. The number of rotatable bonds is 6. The van der Waals surface area contributed by atoms with E-state index in [1.54, 1.807) is 24.3 Å². The second kappa shape index (κ2) is 8.79. The Morgan fingerprint density at radius 2 is 1.50 bits per heavy atom. The van der Waals surface area contributed by atoms with Gasteiger partial charge in [0.1, 0.15) is 0 Å². The van der Waals surface area contributed by atoms with Crippen molar-refractivity contribution in [2.75, 3.05) is 5.32 Å². The number of carbonyl (C=O) groups excluding carboxylic acids is 2. The van der Waals surface area contributed by atoms with Crippen LogP contribution in [-0.4, -0.2) is 11.7 Å². The fraction of sp³-hybridized carbons (Fsp3) is 0.125. The summed E-state index contributed by atoms with van der Waals surface area (Å²) in [5, 5.41) is 12.0. The Kier molecular flexibility index (Phi) is 5.98. The fourth-order valence-corrected chi connectivity index (χ4v) is 2.90. The van der Waals surface area contributed by atoms with Crippen molar-refractivity contribution in [2.45, 2.75) is 13.3 Å². The first-order chi connectivity index (χ1) is 13.6. The Labute approximate surface area is 164 Å². The number of carbonyl (C=O) groups is 2. The minimum atomic E-state index is -1.39. The van der Waals surface area contributed by atoms with E-state index in [-0.39, 0.29) is 0 Å². The number of benzene rings is 3. The van der Waals surface area contributed by atoms with Gasteiger partial charge in [0.15, 0.2) is 11.7 Å². The molecule has 4 heteroatoms. The molecule has 0 aromatic heterocycles. The van der Waals surface area contributed by atoms with Gasteiger partial charge in [0.05, 0.1) is 6.07 Å². The second-order valence-electron chi connectivity index (χ2n) is 6.41. The maximum atomic E-state index is 12.7. The minimum absolute atomic E-state index is 0.336. The van der Waals surface area contributed by atoms with Crippen molar-refractivity contribution < 1.29 is 9.59 Å². The normalized spacial score (nSPS) is 11.3. The van der Waals surface area contributed by atoms with Gasteiger partial charge in [-0.2, -0.15) is 5.26 Å². The zero-order chi connectivity index (χ0) is 19.9. The lowest BCUT2D eigenvalue weighted by Crippen LogP contribution is -2.28. The standard InChI is InChI=1S/C24H20N2O2/c1-2-17-8-14-21(15-9-17)26-24(28)22(16-25)23(27)20-12-10-19(11-13-20)18-6-4-3-5-7-18/h3-15,22H,2H2,1H3,(H,26,28). The molecule has 0 radical (unpaired) electrons. The summed E-state index contributed by atoms with van der Waals surface area (Å²) in [7, 11) is 0. The molecule has 4 nitrogen and oxygen atoms in total. The van der Waals surface area contributed by atoms with Crippen molar-refractivity contribution in [3.8, 4) is 17.2 Å². The third-order valence-corrected chi connectivity index (χ3v) is 4.56. The Balaban J connectivity index is 1.73. The summed E-state index contributed by atoms with van der Waals surface area (Å²) in [5.74, 6) is -2.53. The van der Waals surface area contributed by atoms with Crippen LogP contribution in [0.3, 0.4) is 0 Å². The van der Waals surface area contributed by atoms with Crippen LogP contribution >= 0.6 is 0 Å². The van der Waals surface area contributed by atoms with Gasteiger partial charge in [-0.15, -0.1) is 0 Å². The number of nitrogens with zero attached hydrogens (tertiary/aromatic N) is 1. The van der Waals surface area contributed by atoms with Crippen LogP contribution in [0.5, 0.6) is 0 Å². The van der Waals surface area contributed by atoms with Gasteiger partial charge in [0.2, 0.25) is 5.91 Å². The van der Waals surface area contributed by atoms with Gasteiger partial charge in [0, 0.05) is 11.3 Å². The van der Waals surface area contributed by atoms with E-state index in [2.05, 4.69) is 5.32 Å². The molecule has 0 bridgehead atoms. The van der Waals surface area contributed by atoms with Crippen LogP contribution in [0.15, 0.2) is 78.9 Å². The second-order valence-corrected chi connectivity index (χ2v) is 6.41. The van der Waals surface area contributed by atoms with Gasteiger partial charge in [0.25, 0.3) is 0 Å². The summed E-state index contributed by atoms with van der Waals surface area (Å²) in [5.41, 5.74) is 4.04. The van der Waals surface area contributed by atoms with Crippen LogP contribution in [0, 0.1) is 17.2 Å². The quantitative estimate of drug-likeness (QED) is 0.498. The first-order valence-electron chi connectivity index (χ1n) is 9.11. The average molecular weight is 368 g/mol. The van der Waals surface area contributed by atoms with E-state index in [4.69, 9.17) is 0 Å². The number of nitriles is 1. The number of hydrogen-bond donors (Lipinski definition) is 1. The SMILES string of the molecule is CCc1ccc(NC(=O)C(C#N)C(=O)c2ccc(-c3ccccc3)cc2)cc1. The van der Waals surface area contributed by atoms with E-state index in [1.807, 2.05) is 67.6 Å². The zero-order valence-corrected chi connectivity index (χ0v) is 15.6. The van der Waals surface area contributed by atoms with Crippen LogP contribution in [0.4, 0.5) is 5.69 Å². The predicted octanol–water partition coefficient (Wildman–Crippen LogP) is 4.88. The molecule has 3 aromatic carbocycles. The fourth-order valence-electron chi connectivity index (χ4n) is 2.90. The predicted molar refractivity (Wildman–Crippen MR) is 110 cm³/mol. The molecule has 0 saturated heterocycles. The molecule has 138 valence electrons. The molecule has 0 aliphatic rings. The molecule has 0 spiro atoms. The van der Waals surface area contributed by atoms with Crippen molar-refractivity contribution in [2.24, 2.45) is 5.92 Å². The van der Waals surface area contributed by atoms with E-state index >= 15 is 0 Å². The van der Waals surface area contributed by atoms with Crippen molar-refractivity contribution in [3.63, 3.8) is 0 Å². The third-order valence-electron chi connectivity index (χ3n) is 4.56. The summed E-state index contributed by atoms with van der Waals surface area (Å²) >= 11 is 0. The van der Waals surface area contributed by atoms with Crippen LogP contribution in [0.1, 0.15) is 22.8 Å². The lowest BCUT2D eigenvalue weighted by atomic mass is 9.96. The first kappa shape index (κ1) is 19.1. The summed E-state index contributed by atoms with van der Waals surface area (Å²) in [6, 6.07) is 25.9. The van der Waals surface area contributed by atoms with Gasteiger partial charge >= 0.3 is 0 Å². The molecular weight excluding hydrogens is 348 g/mol. The van der Waals surface area contributed by atoms with Gasteiger partial charge in [-0.3, -0.25) is 9.59 Å². The topological polar surface area (TPSA) is 70.0 Å². The van der Waals surface area contributed by atoms with Gasteiger partial charge in [-0.1, -0.05) is 73.7 Å². The highest BCUT2D eigenvalue weighted by Gasteiger charge is 2.27. The minimum Gasteiger partial charge on any atom is -0.325 e. The highest BCUT2D eigenvalue weighted by atomic mass is 16.2. The van der Waals surface area contributed by atoms with Crippen molar-refractivity contribution in [1.29, 1.82) is 5.26 Å². The number of amides is 1. The molecule has 0 heterocycles. The summed E-state index contributed by atoms with van der Waals surface area (Å²) in [4.78, 5) is 25.1. The molecular formula is C24H20N2O2. The number of hydrogen-bond acceptors (Lipinski definition) is 3. The molecule has 1 unspecified atom stereocenters. The average Bonchev–Trinajstić information content (AvgIpc) is 2.75. The zero-order valence-electron chi connectivity index (χ0n) is 15.6. The number of nitrogens with one attached hydrogen (secondary N) is 1. The number of aryl methyl sites for hydroxylation is 1. The molecule has 1 amide bonds. The molecule has 0 aliphatic carbocycles. The summed E-state index contributed by atoms with van der Waals surface area (Å²) in [6.07, 6.45) is 0.895. The smallest absolute Gasteiger partial charge is 0.249 e. The van der Waals surface area contributed by atoms with Crippen LogP contribution in [-0.2, 0) is 11.2 Å². The third kappa shape index (κ3) is 4.33. The largest absolute Gasteiger partial charge is 0.325 e. The summed E-state index contributed by atoms with van der Waals surface area (Å²) in [6.45, 7) is 2.04. The van der Waals surface area contributed by atoms with Crippen LogP contribution in [0.2, 0.25) is 0 Å². The van der Waals surface area contributed by atoms with Crippen LogP contribution in [0.25, 0.3) is 11.1 Å². The molecule has 1 atom stereocenters. The van der Waals surface area contributed by atoms with Crippen molar-refractivity contribution in [3.05, 3.63) is 90.0 Å². The Morgan fingerprint density at radius 1 is 0.893 bits per heavy atom. The molecule has 0 aliphatic heterocycles.